The molecule has 2 saturated carbocycles. The quantitative estimate of drug-likeness (QED) is 0.260. The maximum Gasteiger partial charge on any atom is 0.315 e. The molecule has 13 nitrogen and oxygen atoms in total. The van der Waals surface area contributed by atoms with E-state index in [9.17, 15) is 27.6 Å². The molecule has 2 aliphatic heterocycles. The monoisotopic (exact) mass is 755 g/mol. The lowest BCUT2D eigenvalue weighted by atomic mass is 9.69. The van der Waals surface area contributed by atoms with E-state index in [0.717, 1.165) is 31.9 Å². The Kier molecular flexibility index (Phi) is 12.1. The predicted octanol–water partition coefficient (Wildman–Crippen LogP) is 5.93. The molecule has 5 atom stereocenters. The zero-order valence-electron chi connectivity index (χ0n) is 32.8. The summed E-state index contributed by atoms with van der Waals surface area (Å²) in [6.45, 7) is 18.0. The zero-order valence-corrected chi connectivity index (χ0v) is 33.6. The van der Waals surface area contributed by atoms with Crippen molar-refractivity contribution in [2.45, 2.75) is 107 Å². The molecule has 3 heterocycles. The van der Waals surface area contributed by atoms with Gasteiger partial charge in [-0.25, -0.2) is 18.1 Å². The summed E-state index contributed by atoms with van der Waals surface area (Å²) >= 11 is 0. The van der Waals surface area contributed by atoms with Crippen molar-refractivity contribution >= 4 is 51.5 Å². The van der Waals surface area contributed by atoms with Crippen molar-refractivity contribution in [3.8, 4) is 5.75 Å². The smallest absolute Gasteiger partial charge is 0.315 e. The number of H-pyrrole nitrogens is 1. The van der Waals surface area contributed by atoms with Gasteiger partial charge in [0.15, 0.2) is 23.2 Å². The minimum absolute atomic E-state index is 0.0824. The van der Waals surface area contributed by atoms with Crippen molar-refractivity contribution < 1.29 is 37.1 Å². The lowest BCUT2D eigenvalue weighted by Crippen LogP contribution is -2.41. The van der Waals surface area contributed by atoms with Gasteiger partial charge in [0.05, 0.1) is 29.8 Å². The van der Waals surface area contributed by atoms with Crippen LogP contribution in [0.4, 0.5) is 5.82 Å². The third-order valence-corrected chi connectivity index (χ3v) is 12.3. The van der Waals surface area contributed by atoms with Gasteiger partial charge in [-0.05, 0) is 94.5 Å². The number of hydrogen-bond donors (Lipinski definition) is 3. The molecule has 5 rings (SSSR count). The van der Waals surface area contributed by atoms with E-state index in [2.05, 4.69) is 56.6 Å². The summed E-state index contributed by atoms with van der Waals surface area (Å²) < 4.78 is 38.3. The third-order valence-electron chi connectivity index (χ3n) is 11.5. The zero-order chi connectivity index (χ0) is 39.1. The first kappa shape index (κ1) is 40.4. The van der Waals surface area contributed by atoms with Gasteiger partial charge in [0.25, 0.3) is 0 Å². The van der Waals surface area contributed by atoms with Crippen LogP contribution >= 0.6 is 0 Å². The number of aliphatic imine (C=N–C) groups is 1. The molecule has 0 spiro atoms. The largest absolute Gasteiger partial charge is 0.422 e. The van der Waals surface area contributed by atoms with Gasteiger partial charge in [-0.1, -0.05) is 41.5 Å². The molecule has 14 heteroatoms. The second-order valence-electron chi connectivity index (χ2n) is 16.5. The Labute approximate surface area is 313 Å². The van der Waals surface area contributed by atoms with Crippen LogP contribution < -0.4 is 14.8 Å². The molecule has 0 aromatic carbocycles. The average molecular weight is 756 g/mol. The van der Waals surface area contributed by atoms with E-state index in [-0.39, 0.29) is 70.5 Å². The van der Waals surface area contributed by atoms with E-state index < -0.39 is 27.9 Å². The molecule has 5 unspecified atom stereocenters. The molecule has 53 heavy (non-hydrogen) atoms. The molecule has 0 radical (unpaired) electrons. The highest BCUT2D eigenvalue weighted by molar-refractivity contribution is 7.88. The molecule has 1 aromatic rings. The van der Waals surface area contributed by atoms with Gasteiger partial charge in [0.2, 0.25) is 21.8 Å². The lowest BCUT2D eigenvalue weighted by molar-refractivity contribution is -0.149. The topological polar surface area (TPSA) is 176 Å². The maximum absolute atomic E-state index is 13.8. The van der Waals surface area contributed by atoms with E-state index in [0.29, 0.717) is 53.7 Å². The van der Waals surface area contributed by atoms with E-state index in [1.165, 1.54) is 6.92 Å². The van der Waals surface area contributed by atoms with Gasteiger partial charge in [0, 0.05) is 29.8 Å². The van der Waals surface area contributed by atoms with Crippen LogP contribution in [-0.2, 0) is 33.9 Å². The van der Waals surface area contributed by atoms with E-state index in [4.69, 9.17) is 14.5 Å². The van der Waals surface area contributed by atoms with Crippen LogP contribution in [0.2, 0.25) is 0 Å². The van der Waals surface area contributed by atoms with Crippen LogP contribution in [0.1, 0.15) is 105 Å². The van der Waals surface area contributed by atoms with E-state index in [1.807, 2.05) is 0 Å². The number of aromatic nitrogens is 1. The first-order valence-corrected chi connectivity index (χ1v) is 20.9. The van der Waals surface area contributed by atoms with Crippen LogP contribution in [0, 0.1) is 54.3 Å². The number of likely N-dealkylation sites (tertiary alicyclic amines) is 1. The molecule has 1 saturated heterocycles. The third kappa shape index (κ3) is 8.96. The number of sulfonamides is 1. The Bertz CT molecular complexity index is 1820. The number of carbonyl (C=O) groups excluding carboxylic acids is 4. The highest BCUT2D eigenvalue weighted by Gasteiger charge is 2.42. The summed E-state index contributed by atoms with van der Waals surface area (Å²) in [7, 11) is -3.69. The van der Waals surface area contributed by atoms with Crippen molar-refractivity contribution in [3.63, 3.8) is 0 Å². The maximum atomic E-state index is 13.8. The second-order valence-corrected chi connectivity index (χ2v) is 18.3. The van der Waals surface area contributed by atoms with Gasteiger partial charge >= 0.3 is 11.9 Å². The molecule has 3 fully saturated rings. The van der Waals surface area contributed by atoms with Crippen molar-refractivity contribution in [3.05, 3.63) is 28.3 Å². The number of esters is 2. The summed E-state index contributed by atoms with van der Waals surface area (Å²) in [5.74, 6) is 0.0463. The van der Waals surface area contributed by atoms with Crippen molar-refractivity contribution in [2.24, 2.45) is 52.3 Å². The molecule has 0 bridgehead atoms. The number of amidine groups is 1. The number of nitrogens with zero attached hydrogens (tertiary/aromatic N) is 2. The number of hydrogen-bond acceptors (Lipinski definition) is 9. The highest BCUT2D eigenvalue weighted by atomic mass is 32.2. The number of aromatic amines is 1. The van der Waals surface area contributed by atoms with Gasteiger partial charge in [-0.3, -0.25) is 24.1 Å². The van der Waals surface area contributed by atoms with E-state index >= 15 is 0 Å². The van der Waals surface area contributed by atoms with Crippen molar-refractivity contribution in [1.29, 1.82) is 0 Å². The first-order valence-electron chi connectivity index (χ1n) is 19.0. The Hall–Kier alpha value is -3.78. The lowest BCUT2D eigenvalue weighted by Gasteiger charge is -2.36. The summed E-state index contributed by atoms with van der Waals surface area (Å²) in [5.41, 5.74) is 1.93. The molecule has 1 aromatic heterocycles. The summed E-state index contributed by atoms with van der Waals surface area (Å²) in [6.07, 6.45) is 7.33. The van der Waals surface area contributed by atoms with Crippen LogP contribution in [-0.4, -0.2) is 66.7 Å². The van der Waals surface area contributed by atoms with Crippen LogP contribution in [0.25, 0.3) is 6.08 Å². The summed E-state index contributed by atoms with van der Waals surface area (Å²) in [5, 5.41) is 2.71. The fraction of sp³-hybridized carbons (Fsp3) is 0.667. The normalized spacial score (nSPS) is 30.8. The van der Waals surface area contributed by atoms with Crippen molar-refractivity contribution in [2.75, 3.05) is 18.1 Å². The molecule has 292 valence electrons. The Morgan fingerprint density at radius 1 is 0.906 bits per heavy atom. The average Bonchev–Trinajstić information content (AvgIpc) is 3.67. The Morgan fingerprint density at radius 3 is 1.92 bits per heavy atom. The van der Waals surface area contributed by atoms with Crippen LogP contribution in [0.5, 0.6) is 5.75 Å². The molecular formula is C39H57N5O8S. The molecule has 3 N–H and O–H groups in total. The van der Waals surface area contributed by atoms with Gasteiger partial charge in [-0.2, -0.15) is 0 Å². The van der Waals surface area contributed by atoms with Crippen molar-refractivity contribution in [1.82, 2.24) is 14.6 Å². The van der Waals surface area contributed by atoms with Crippen LogP contribution in [0.3, 0.4) is 0 Å². The number of ether oxygens (including phenoxy) is 2. The predicted molar refractivity (Wildman–Crippen MR) is 203 cm³/mol. The minimum Gasteiger partial charge on any atom is -0.422 e. The fourth-order valence-corrected chi connectivity index (χ4v) is 10.0. The van der Waals surface area contributed by atoms with Gasteiger partial charge in [-0.15, -0.1) is 0 Å². The minimum atomic E-state index is -3.69. The Balaban J connectivity index is 1.53. The summed E-state index contributed by atoms with van der Waals surface area (Å²) in [4.78, 5) is 63.4. The molecule has 2 amide bonds. The number of nitrogens with one attached hydrogen (secondary N) is 3. The molecular weight excluding hydrogens is 699 g/mol. The Morgan fingerprint density at radius 2 is 1.43 bits per heavy atom. The number of carbonyl (C=O) groups is 4. The molecule has 4 aliphatic rings. The number of allylic oxidation sites excluding steroid dienone is 1. The standard InChI is InChI=1S/C39H57N5O8S/c1-19-14-21(3)31(22(4)15-19)38(47)51-33-25(7)28(40-35(33)42-37(46)27(9)43-53(10,49)50)18-29-26(8)34(36(41-29)44-13-11-12-30(44)45)52-39(48)32-23(5)16-20(2)17-24(32)6/h18-24,27,31-32,40,43H,11-17H2,1-10H3,(H,42,46). The van der Waals surface area contributed by atoms with Gasteiger partial charge < -0.3 is 19.8 Å². The number of anilines is 1. The first-order chi connectivity index (χ1) is 24.7. The second kappa shape index (κ2) is 15.9. The highest BCUT2D eigenvalue weighted by Crippen LogP contribution is 2.42. The molecule has 2 aliphatic carbocycles. The summed E-state index contributed by atoms with van der Waals surface area (Å²) in [6, 6.07) is -1.13. The fourth-order valence-electron chi connectivity index (χ4n) is 9.25. The number of rotatable bonds is 9. The van der Waals surface area contributed by atoms with Gasteiger partial charge in [0.1, 0.15) is 0 Å². The van der Waals surface area contributed by atoms with E-state index in [1.54, 1.807) is 24.8 Å². The number of amides is 2. The SMILES string of the molecule is CC1=C(OC(=O)C2C(C)CC(C)CC2C)C(N2CCCC2=O)=NC1=Cc1[nH]c(NC(=O)C(C)NS(C)(=O)=O)c(OC(=O)C2C(C)CC(C)CC2C)c1C. The van der Waals surface area contributed by atoms with Crippen LogP contribution in [0.15, 0.2) is 22.0 Å².